The van der Waals surface area contributed by atoms with Gasteiger partial charge in [-0.1, -0.05) is 29.8 Å². The Morgan fingerprint density at radius 3 is 2.36 bits per heavy atom. The molecule has 0 aliphatic heterocycles. The van der Waals surface area contributed by atoms with Gasteiger partial charge >= 0.3 is 0 Å². The molecule has 4 heteroatoms. The van der Waals surface area contributed by atoms with E-state index in [9.17, 15) is 0 Å². The topological polar surface area (TPSA) is 34.1 Å². The maximum Gasteiger partial charge on any atom is 0.127 e. The highest BCUT2D eigenvalue weighted by Gasteiger charge is 2.04. The number of para-hydroxylation sites is 1. The predicted molar refractivity (Wildman–Crippen MR) is 103 cm³/mol. The van der Waals surface area contributed by atoms with E-state index in [1.165, 1.54) is 0 Å². The Morgan fingerprint density at radius 1 is 0.800 bits per heavy atom. The molecule has 1 aromatic heterocycles. The average molecular weight is 347 g/mol. The van der Waals surface area contributed by atoms with Gasteiger partial charge in [0.1, 0.15) is 11.5 Å². The summed E-state index contributed by atoms with van der Waals surface area (Å²) < 4.78 is 5.81. The van der Waals surface area contributed by atoms with Crippen LogP contribution in [0, 0.1) is 0 Å². The van der Waals surface area contributed by atoms with Gasteiger partial charge in [-0.2, -0.15) is 0 Å². The summed E-state index contributed by atoms with van der Waals surface area (Å²) in [6.07, 6.45) is 1.77. The zero-order chi connectivity index (χ0) is 17.1. The maximum atomic E-state index is 6.04. The van der Waals surface area contributed by atoms with E-state index in [0.29, 0.717) is 5.02 Å². The van der Waals surface area contributed by atoms with Gasteiger partial charge in [-0.25, -0.2) is 0 Å². The number of hydrogen-bond donors (Lipinski definition) is 1. The number of nitrogens with zero attached hydrogens (tertiary/aromatic N) is 1. The van der Waals surface area contributed by atoms with Crippen LogP contribution in [0.2, 0.25) is 5.02 Å². The molecule has 4 aromatic rings. The van der Waals surface area contributed by atoms with Gasteiger partial charge < -0.3 is 10.1 Å². The van der Waals surface area contributed by atoms with E-state index in [1.54, 1.807) is 6.20 Å². The van der Waals surface area contributed by atoms with Gasteiger partial charge in [0.25, 0.3) is 0 Å². The molecule has 122 valence electrons. The van der Waals surface area contributed by atoms with Gasteiger partial charge in [-0.3, -0.25) is 4.98 Å². The fraction of sp³-hybridized carbons (Fsp3) is 0. The van der Waals surface area contributed by atoms with Gasteiger partial charge in [0, 0.05) is 28.0 Å². The van der Waals surface area contributed by atoms with Crippen molar-refractivity contribution >= 4 is 33.9 Å². The molecule has 0 radical (unpaired) electrons. The lowest BCUT2D eigenvalue weighted by atomic mass is 10.2. The van der Waals surface area contributed by atoms with Gasteiger partial charge in [0.15, 0.2) is 0 Å². The fourth-order valence-electron chi connectivity index (χ4n) is 2.62. The summed E-state index contributed by atoms with van der Waals surface area (Å²) in [4.78, 5) is 4.36. The first-order valence-electron chi connectivity index (χ1n) is 7.92. The second kappa shape index (κ2) is 6.83. The normalized spacial score (nSPS) is 10.6. The molecule has 0 saturated heterocycles. The summed E-state index contributed by atoms with van der Waals surface area (Å²) in [6, 6.07) is 25.2. The second-order valence-electron chi connectivity index (χ2n) is 5.58. The van der Waals surface area contributed by atoms with Gasteiger partial charge in [-0.15, -0.1) is 0 Å². The Bertz CT molecular complexity index is 1000. The average Bonchev–Trinajstić information content (AvgIpc) is 2.64. The van der Waals surface area contributed by atoms with Crippen molar-refractivity contribution in [2.75, 3.05) is 5.32 Å². The molecular formula is C21H15ClN2O. The zero-order valence-electron chi connectivity index (χ0n) is 13.3. The highest BCUT2D eigenvalue weighted by molar-refractivity contribution is 6.31. The van der Waals surface area contributed by atoms with Crippen molar-refractivity contribution in [2.24, 2.45) is 0 Å². The second-order valence-corrected chi connectivity index (χ2v) is 6.02. The molecule has 0 saturated carbocycles. The minimum atomic E-state index is 0.680. The van der Waals surface area contributed by atoms with Crippen LogP contribution in [0.3, 0.4) is 0 Å². The SMILES string of the molecule is Clc1ccc2c(Nc3ccc(Oc4ccccc4)cc3)ccnc2c1. The quantitative estimate of drug-likeness (QED) is 0.462. The van der Waals surface area contributed by atoms with E-state index in [1.807, 2.05) is 78.9 Å². The minimum Gasteiger partial charge on any atom is -0.457 e. The molecule has 3 aromatic carbocycles. The lowest BCUT2D eigenvalue weighted by Gasteiger charge is -2.11. The van der Waals surface area contributed by atoms with E-state index in [2.05, 4.69) is 10.3 Å². The lowest BCUT2D eigenvalue weighted by molar-refractivity contribution is 0.483. The number of fused-ring (bicyclic) bond motifs is 1. The first kappa shape index (κ1) is 15.5. The molecule has 0 bridgehead atoms. The lowest BCUT2D eigenvalue weighted by Crippen LogP contribution is -1.93. The molecule has 4 rings (SSSR count). The van der Waals surface area contributed by atoms with Crippen molar-refractivity contribution < 1.29 is 4.74 Å². The van der Waals surface area contributed by atoms with Gasteiger partial charge in [0.2, 0.25) is 0 Å². The first-order chi connectivity index (χ1) is 12.3. The molecular weight excluding hydrogens is 332 g/mol. The summed E-state index contributed by atoms with van der Waals surface area (Å²) in [5.74, 6) is 1.61. The number of ether oxygens (including phenoxy) is 1. The third-order valence-corrected chi connectivity index (χ3v) is 4.05. The Kier molecular flexibility index (Phi) is 4.23. The minimum absolute atomic E-state index is 0.680. The number of benzene rings is 3. The molecule has 25 heavy (non-hydrogen) atoms. The molecule has 0 fully saturated rings. The number of pyridine rings is 1. The molecule has 0 unspecified atom stereocenters. The summed E-state index contributed by atoms with van der Waals surface area (Å²) in [5.41, 5.74) is 2.82. The van der Waals surface area contributed by atoms with Crippen LogP contribution < -0.4 is 10.1 Å². The van der Waals surface area contributed by atoms with Crippen LogP contribution in [0.5, 0.6) is 11.5 Å². The Labute approximate surface area is 150 Å². The highest BCUT2D eigenvalue weighted by Crippen LogP contribution is 2.28. The van der Waals surface area contributed by atoms with E-state index in [-0.39, 0.29) is 0 Å². The molecule has 0 aliphatic carbocycles. The van der Waals surface area contributed by atoms with E-state index in [4.69, 9.17) is 16.3 Å². The summed E-state index contributed by atoms with van der Waals surface area (Å²) in [5, 5.41) is 5.12. The Balaban J connectivity index is 1.55. The molecule has 1 heterocycles. The van der Waals surface area contributed by atoms with Crippen molar-refractivity contribution in [3.05, 3.63) is 90.1 Å². The molecule has 0 aliphatic rings. The number of halogens is 1. The highest BCUT2D eigenvalue weighted by atomic mass is 35.5. The third kappa shape index (κ3) is 3.57. The smallest absolute Gasteiger partial charge is 0.127 e. The number of anilines is 2. The van der Waals surface area contributed by atoms with Gasteiger partial charge in [0.05, 0.1) is 5.52 Å². The number of nitrogens with one attached hydrogen (secondary N) is 1. The number of hydrogen-bond acceptors (Lipinski definition) is 3. The Morgan fingerprint density at radius 2 is 1.56 bits per heavy atom. The Hall–Kier alpha value is -3.04. The number of rotatable bonds is 4. The van der Waals surface area contributed by atoms with Crippen LogP contribution in [-0.2, 0) is 0 Å². The van der Waals surface area contributed by atoms with Crippen LogP contribution in [0.1, 0.15) is 0 Å². The summed E-state index contributed by atoms with van der Waals surface area (Å²) >= 11 is 6.04. The summed E-state index contributed by atoms with van der Waals surface area (Å²) in [6.45, 7) is 0. The van der Waals surface area contributed by atoms with Crippen LogP contribution >= 0.6 is 11.6 Å². The molecule has 0 spiro atoms. The van der Waals surface area contributed by atoms with Crippen molar-refractivity contribution in [2.45, 2.75) is 0 Å². The van der Waals surface area contributed by atoms with Crippen molar-refractivity contribution in [1.82, 2.24) is 4.98 Å². The van der Waals surface area contributed by atoms with Crippen LogP contribution in [0.25, 0.3) is 10.9 Å². The van der Waals surface area contributed by atoms with Crippen molar-refractivity contribution in [3.63, 3.8) is 0 Å². The summed E-state index contributed by atoms with van der Waals surface area (Å²) in [7, 11) is 0. The first-order valence-corrected chi connectivity index (χ1v) is 8.30. The fourth-order valence-corrected chi connectivity index (χ4v) is 2.78. The monoisotopic (exact) mass is 346 g/mol. The van der Waals surface area contributed by atoms with Crippen molar-refractivity contribution in [3.8, 4) is 11.5 Å². The van der Waals surface area contributed by atoms with Gasteiger partial charge in [-0.05, 0) is 60.7 Å². The third-order valence-electron chi connectivity index (χ3n) is 3.82. The van der Waals surface area contributed by atoms with Crippen molar-refractivity contribution in [1.29, 1.82) is 0 Å². The van der Waals surface area contributed by atoms with E-state index >= 15 is 0 Å². The van der Waals surface area contributed by atoms with Crippen LogP contribution in [-0.4, -0.2) is 4.98 Å². The van der Waals surface area contributed by atoms with Crippen LogP contribution in [0.4, 0.5) is 11.4 Å². The maximum absolute atomic E-state index is 6.04. The number of aromatic nitrogens is 1. The van der Waals surface area contributed by atoms with E-state index < -0.39 is 0 Å². The largest absolute Gasteiger partial charge is 0.457 e. The zero-order valence-corrected chi connectivity index (χ0v) is 14.1. The van der Waals surface area contributed by atoms with Crippen LogP contribution in [0.15, 0.2) is 85.1 Å². The molecule has 0 amide bonds. The standard InChI is InChI=1S/C21H15ClN2O/c22-15-6-11-19-20(12-13-23-21(19)14-15)24-16-7-9-18(10-8-16)25-17-4-2-1-3-5-17/h1-14H,(H,23,24). The van der Waals surface area contributed by atoms with E-state index in [0.717, 1.165) is 33.8 Å². The molecule has 3 nitrogen and oxygen atoms in total. The molecule has 1 N–H and O–H groups in total. The predicted octanol–water partition coefficient (Wildman–Crippen LogP) is 6.42. The molecule has 0 atom stereocenters.